The van der Waals surface area contributed by atoms with Crippen LogP contribution in [-0.2, 0) is 25.5 Å². The number of ether oxygens (including phenoxy) is 1. The monoisotopic (exact) mass is 365 g/mol. The molecule has 1 aliphatic heterocycles. The molecule has 0 atom stereocenters. The van der Waals surface area contributed by atoms with E-state index in [1.807, 2.05) is 0 Å². The van der Waals surface area contributed by atoms with E-state index in [2.05, 4.69) is 10.3 Å². The van der Waals surface area contributed by atoms with Gasteiger partial charge < -0.3 is 10.1 Å². The number of nitrogens with zero attached hydrogens (tertiary/aromatic N) is 2. The van der Waals surface area contributed by atoms with Gasteiger partial charge in [0.15, 0.2) is 11.7 Å². The van der Waals surface area contributed by atoms with Crippen molar-refractivity contribution in [3.8, 4) is 0 Å². The maximum atomic E-state index is 11.9. The van der Waals surface area contributed by atoms with Crippen molar-refractivity contribution in [2.75, 3.05) is 18.1 Å². The molecule has 1 aromatic rings. The molecule has 7 nitrogen and oxygen atoms in total. The quantitative estimate of drug-likeness (QED) is 0.777. The molecule has 0 aromatic carbocycles. The Balaban J connectivity index is 1.41. The average Bonchev–Trinajstić information content (AvgIpc) is 3.22. The van der Waals surface area contributed by atoms with Gasteiger partial charge in [-0.15, -0.1) is 11.3 Å². The number of esters is 1. The standard InChI is InChI=1S/C17H23N3O4S/c21-14(18-12-5-2-1-3-6-12)10-24-16(23)9-13-11-25-17(19-13)20-8-4-7-15(20)22/h11-12H,1-10H2,(H,18,21). The van der Waals surface area contributed by atoms with Gasteiger partial charge in [-0.05, 0) is 19.3 Å². The summed E-state index contributed by atoms with van der Waals surface area (Å²) < 4.78 is 5.04. The normalized spacial score (nSPS) is 18.4. The van der Waals surface area contributed by atoms with Crippen LogP contribution >= 0.6 is 11.3 Å². The van der Waals surface area contributed by atoms with Crippen LogP contribution in [0.4, 0.5) is 5.13 Å². The lowest BCUT2D eigenvalue weighted by Gasteiger charge is -2.22. The van der Waals surface area contributed by atoms with E-state index < -0.39 is 5.97 Å². The van der Waals surface area contributed by atoms with Crippen molar-refractivity contribution in [3.63, 3.8) is 0 Å². The first-order valence-corrected chi connectivity index (χ1v) is 9.69. The zero-order valence-corrected chi connectivity index (χ0v) is 15.0. The molecule has 0 bridgehead atoms. The van der Waals surface area contributed by atoms with E-state index in [9.17, 15) is 14.4 Å². The Hall–Kier alpha value is -1.96. The molecule has 0 radical (unpaired) electrons. The van der Waals surface area contributed by atoms with E-state index in [1.165, 1.54) is 17.8 Å². The van der Waals surface area contributed by atoms with Crippen LogP contribution in [0.5, 0.6) is 0 Å². The number of hydrogen-bond acceptors (Lipinski definition) is 6. The van der Waals surface area contributed by atoms with Gasteiger partial charge in [-0.3, -0.25) is 19.3 Å². The summed E-state index contributed by atoms with van der Waals surface area (Å²) in [7, 11) is 0. The van der Waals surface area contributed by atoms with Crippen molar-refractivity contribution in [1.29, 1.82) is 0 Å². The zero-order valence-electron chi connectivity index (χ0n) is 14.2. The smallest absolute Gasteiger partial charge is 0.312 e. The highest BCUT2D eigenvalue weighted by Gasteiger charge is 2.24. The van der Waals surface area contributed by atoms with Crippen molar-refractivity contribution in [2.24, 2.45) is 0 Å². The average molecular weight is 365 g/mol. The van der Waals surface area contributed by atoms with Crippen LogP contribution in [0.25, 0.3) is 0 Å². The number of nitrogens with one attached hydrogen (secondary N) is 1. The minimum absolute atomic E-state index is 0.00917. The number of rotatable bonds is 6. The highest BCUT2D eigenvalue weighted by atomic mass is 32.1. The number of carbonyl (C=O) groups excluding carboxylic acids is 3. The lowest BCUT2D eigenvalue weighted by Crippen LogP contribution is -2.38. The molecule has 1 N–H and O–H groups in total. The van der Waals surface area contributed by atoms with Crippen LogP contribution in [0.3, 0.4) is 0 Å². The topological polar surface area (TPSA) is 88.6 Å². The van der Waals surface area contributed by atoms with Gasteiger partial charge in [0, 0.05) is 24.4 Å². The third-order valence-corrected chi connectivity index (χ3v) is 5.42. The highest BCUT2D eigenvalue weighted by molar-refractivity contribution is 7.14. The van der Waals surface area contributed by atoms with Gasteiger partial charge in [0.1, 0.15) is 0 Å². The van der Waals surface area contributed by atoms with Crippen LogP contribution in [0.15, 0.2) is 5.38 Å². The summed E-state index contributed by atoms with van der Waals surface area (Å²) in [6, 6.07) is 0.207. The Morgan fingerprint density at radius 3 is 2.80 bits per heavy atom. The van der Waals surface area contributed by atoms with E-state index in [-0.39, 0.29) is 30.9 Å². The summed E-state index contributed by atoms with van der Waals surface area (Å²) in [5.41, 5.74) is 0.567. The summed E-state index contributed by atoms with van der Waals surface area (Å²) in [5.74, 6) is -0.659. The van der Waals surface area contributed by atoms with Crippen LogP contribution < -0.4 is 10.2 Å². The Labute approximate surface area is 150 Å². The maximum absolute atomic E-state index is 11.9. The molecule has 1 saturated heterocycles. The third-order valence-electron chi connectivity index (χ3n) is 4.50. The van der Waals surface area contributed by atoms with Crippen molar-refractivity contribution < 1.29 is 19.1 Å². The molecular weight excluding hydrogens is 342 g/mol. The van der Waals surface area contributed by atoms with Crippen molar-refractivity contribution >= 4 is 34.3 Å². The SMILES string of the molecule is O=C(COC(=O)Cc1csc(N2CCCC2=O)n1)NC1CCCCC1. The molecular formula is C17H23N3O4S. The van der Waals surface area contributed by atoms with Crippen LogP contribution in [0.1, 0.15) is 50.6 Å². The predicted molar refractivity (Wildman–Crippen MR) is 93.4 cm³/mol. The highest BCUT2D eigenvalue weighted by Crippen LogP contribution is 2.25. The lowest BCUT2D eigenvalue weighted by molar-refractivity contribution is -0.148. The minimum atomic E-state index is -0.483. The second-order valence-electron chi connectivity index (χ2n) is 6.51. The Morgan fingerprint density at radius 1 is 1.28 bits per heavy atom. The lowest BCUT2D eigenvalue weighted by atomic mass is 9.95. The Bertz CT molecular complexity index is 640. The van der Waals surface area contributed by atoms with Crippen molar-refractivity contribution in [1.82, 2.24) is 10.3 Å². The Morgan fingerprint density at radius 2 is 2.08 bits per heavy atom. The second-order valence-corrected chi connectivity index (χ2v) is 7.35. The molecule has 0 unspecified atom stereocenters. The number of thiazole rings is 1. The van der Waals surface area contributed by atoms with Gasteiger partial charge in [0.25, 0.3) is 5.91 Å². The molecule has 2 amide bonds. The van der Waals surface area contributed by atoms with E-state index in [0.717, 1.165) is 32.1 Å². The molecule has 1 aliphatic carbocycles. The first-order chi connectivity index (χ1) is 12.1. The third kappa shape index (κ3) is 5.01. The Kier molecular flexibility index (Phi) is 6.01. The fourth-order valence-corrected chi connectivity index (χ4v) is 4.08. The van der Waals surface area contributed by atoms with E-state index in [4.69, 9.17) is 4.74 Å². The van der Waals surface area contributed by atoms with Gasteiger partial charge >= 0.3 is 5.97 Å². The van der Waals surface area contributed by atoms with E-state index >= 15 is 0 Å². The molecule has 3 rings (SSSR count). The second kappa shape index (κ2) is 8.42. The molecule has 1 aromatic heterocycles. The largest absolute Gasteiger partial charge is 0.455 e. The first kappa shape index (κ1) is 17.8. The number of aromatic nitrogens is 1. The van der Waals surface area contributed by atoms with Crippen LogP contribution in [-0.4, -0.2) is 42.0 Å². The summed E-state index contributed by atoms with van der Waals surface area (Å²) in [4.78, 5) is 41.4. The maximum Gasteiger partial charge on any atom is 0.312 e. The van der Waals surface area contributed by atoms with Crippen molar-refractivity contribution in [2.45, 2.75) is 57.4 Å². The summed E-state index contributed by atoms with van der Waals surface area (Å²) in [6.07, 6.45) is 6.88. The van der Waals surface area contributed by atoms with Gasteiger partial charge in [-0.25, -0.2) is 4.98 Å². The van der Waals surface area contributed by atoms with Crippen LogP contribution in [0.2, 0.25) is 0 Å². The molecule has 0 spiro atoms. The van der Waals surface area contributed by atoms with Crippen molar-refractivity contribution in [3.05, 3.63) is 11.1 Å². The summed E-state index contributed by atoms with van der Waals surface area (Å²) in [5, 5.41) is 5.29. The summed E-state index contributed by atoms with van der Waals surface area (Å²) >= 11 is 1.35. The number of hydrogen-bond donors (Lipinski definition) is 1. The van der Waals surface area contributed by atoms with Gasteiger partial charge in [0.2, 0.25) is 5.91 Å². The van der Waals surface area contributed by atoms with E-state index in [0.29, 0.717) is 23.8 Å². The zero-order chi connectivity index (χ0) is 17.6. The summed E-state index contributed by atoms with van der Waals surface area (Å²) in [6.45, 7) is 0.425. The molecule has 25 heavy (non-hydrogen) atoms. The molecule has 2 heterocycles. The minimum Gasteiger partial charge on any atom is -0.455 e. The van der Waals surface area contributed by atoms with Gasteiger partial charge in [0.05, 0.1) is 12.1 Å². The number of anilines is 1. The van der Waals surface area contributed by atoms with E-state index in [1.54, 1.807) is 10.3 Å². The first-order valence-electron chi connectivity index (χ1n) is 8.81. The molecule has 8 heteroatoms. The number of amides is 2. The number of carbonyl (C=O) groups is 3. The molecule has 2 aliphatic rings. The molecule has 136 valence electrons. The van der Waals surface area contributed by atoms with Gasteiger partial charge in [-0.2, -0.15) is 0 Å². The van der Waals surface area contributed by atoms with Crippen LogP contribution in [0, 0.1) is 0 Å². The molecule has 1 saturated carbocycles. The fourth-order valence-electron chi connectivity index (χ4n) is 3.21. The molecule has 2 fully saturated rings. The van der Waals surface area contributed by atoms with Gasteiger partial charge in [-0.1, -0.05) is 19.3 Å². The fraction of sp³-hybridized carbons (Fsp3) is 0.647. The predicted octanol–water partition coefficient (Wildman–Crippen LogP) is 1.80.